The number of halogens is 1. The van der Waals surface area contributed by atoms with Gasteiger partial charge in [0.05, 0.1) is 10.6 Å². The van der Waals surface area contributed by atoms with Gasteiger partial charge in [-0.25, -0.2) is 8.42 Å². The summed E-state index contributed by atoms with van der Waals surface area (Å²) >= 11 is 4.53. The predicted molar refractivity (Wildman–Crippen MR) is 101 cm³/mol. The van der Waals surface area contributed by atoms with Crippen LogP contribution in [0.1, 0.15) is 5.56 Å². The zero-order valence-corrected chi connectivity index (χ0v) is 16.6. The average Bonchev–Trinajstić information content (AvgIpc) is 3.04. The number of aryl methyl sites for hydroxylation is 1. The highest BCUT2D eigenvalue weighted by molar-refractivity contribution is 9.10. The van der Waals surface area contributed by atoms with E-state index in [4.69, 9.17) is 4.42 Å². The second-order valence-corrected chi connectivity index (χ2v) is 9.38. The number of nitrogens with zero attached hydrogens (tertiary/aromatic N) is 2. The molecular formula is C17H15BrN2O3S2. The molecule has 1 aromatic heterocycles. The van der Waals surface area contributed by atoms with Crippen LogP contribution in [0.15, 0.2) is 67.5 Å². The van der Waals surface area contributed by atoms with Crippen LogP contribution in [0.2, 0.25) is 0 Å². The van der Waals surface area contributed by atoms with E-state index in [0.717, 1.165) is 15.6 Å². The summed E-state index contributed by atoms with van der Waals surface area (Å²) in [4.78, 5) is 0.308. The van der Waals surface area contributed by atoms with Gasteiger partial charge in [0.15, 0.2) is 9.84 Å². The molecule has 0 aliphatic rings. The minimum absolute atomic E-state index is 0.00137. The lowest BCUT2D eigenvalue weighted by atomic mass is 10.1. The van der Waals surface area contributed by atoms with Gasteiger partial charge in [0.2, 0.25) is 5.89 Å². The van der Waals surface area contributed by atoms with Crippen LogP contribution in [0, 0.1) is 6.92 Å². The Morgan fingerprint density at radius 3 is 2.52 bits per heavy atom. The van der Waals surface area contributed by atoms with E-state index >= 15 is 0 Å². The molecule has 0 saturated heterocycles. The molecule has 0 radical (unpaired) electrons. The largest absolute Gasteiger partial charge is 0.411 e. The van der Waals surface area contributed by atoms with Crippen LogP contribution < -0.4 is 0 Å². The summed E-state index contributed by atoms with van der Waals surface area (Å²) in [5.41, 5.74) is 1.92. The molecule has 0 atom stereocenters. The van der Waals surface area contributed by atoms with Crippen LogP contribution in [0.3, 0.4) is 0 Å². The summed E-state index contributed by atoms with van der Waals surface area (Å²) < 4.78 is 31.1. The van der Waals surface area contributed by atoms with E-state index in [-0.39, 0.29) is 5.75 Å². The molecular weight excluding hydrogens is 424 g/mol. The highest BCUT2D eigenvalue weighted by Crippen LogP contribution is 2.26. The van der Waals surface area contributed by atoms with Crippen LogP contribution >= 0.6 is 27.7 Å². The molecule has 130 valence electrons. The molecule has 8 heteroatoms. The maximum atomic E-state index is 12.3. The highest BCUT2D eigenvalue weighted by Gasteiger charge is 2.16. The standard InChI is InChI=1S/C17H15BrN2O3S2/c1-12-4-2-3-5-15(12)16-19-20-17(23-16)24-10-11-25(21,22)14-8-6-13(18)7-9-14/h2-9H,10-11H2,1H3. The Bertz CT molecular complexity index is 970. The Balaban J connectivity index is 1.63. The molecule has 2 aromatic carbocycles. The summed E-state index contributed by atoms with van der Waals surface area (Å²) in [6.07, 6.45) is 0. The van der Waals surface area contributed by atoms with E-state index < -0.39 is 9.84 Å². The summed E-state index contributed by atoms with van der Waals surface area (Å²) in [5.74, 6) is 0.784. The SMILES string of the molecule is Cc1ccccc1-c1nnc(SCCS(=O)(=O)c2ccc(Br)cc2)o1. The van der Waals surface area contributed by atoms with Crippen molar-refractivity contribution in [1.82, 2.24) is 10.2 Å². The molecule has 0 aliphatic carbocycles. The van der Waals surface area contributed by atoms with Gasteiger partial charge in [-0.1, -0.05) is 45.9 Å². The molecule has 0 fully saturated rings. The molecule has 5 nitrogen and oxygen atoms in total. The molecule has 0 aliphatic heterocycles. The summed E-state index contributed by atoms with van der Waals surface area (Å²) in [6, 6.07) is 14.3. The third-order valence-electron chi connectivity index (χ3n) is 3.53. The minimum atomic E-state index is -3.33. The number of aromatic nitrogens is 2. The minimum Gasteiger partial charge on any atom is -0.411 e. The molecule has 0 saturated carbocycles. The van der Waals surface area contributed by atoms with Crippen molar-refractivity contribution in [1.29, 1.82) is 0 Å². The van der Waals surface area contributed by atoms with Crippen molar-refractivity contribution < 1.29 is 12.8 Å². The second kappa shape index (κ2) is 7.72. The van der Waals surface area contributed by atoms with Crippen molar-refractivity contribution in [2.24, 2.45) is 0 Å². The summed E-state index contributed by atoms with van der Waals surface area (Å²) in [7, 11) is -3.33. The van der Waals surface area contributed by atoms with E-state index in [0.29, 0.717) is 21.8 Å². The van der Waals surface area contributed by atoms with Crippen LogP contribution in [-0.2, 0) is 9.84 Å². The van der Waals surface area contributed by atoms with Crippen molar-refractivity contribution >= 4 is 37.5 Å². The Kier molecular flexibility index (Phi) is 5.61. The molecule has 3 aromatic rings. The number of hydrogen-bond acceptors (Lipinski definition) is 6. The van der Waals surface area contributed by atoms with E-state index in [1.54, 1.807) is 24.3 Å². The molecule has 0 amide bonds. The van der Waals surface area contributed by atoms with Gasteiger partial charge >= 0.3 is 0 Å². The van der Waals surface area contributed by atoms with Crippen LogP contribution in [-0.4, -0.2) is 30.1 Å². The average molecular weight is 439 g/mol. The number of rotatable bonds is 6. The summed E-state index contributed by atoms with van der Waals surface area (Å²) in [5, 5.41) is 8.39. The van der Waals surface area contributed by atoms with Gasteiger partial charge in [0.1, 0.15) is 0 Å². The highest BCUT2D eigenvalue weighted by atomic mass is 79.9. The second-order valence-electron chi connectivity index (χ2n) is 5.31. The van der Waals surface area contributed by atoms with Crippen LogP contribution in [0.25, 0.3) is 11.5 Å². The fourth-order valence-corrected chi connectivity index (χ4v) is 4.86. The third-order valence-corrected chi connectivity index (χ3v) is 6.87. The van der Waals surface area contributed by atoms with Gasteiger partial charge in [0.25, 0.3) is 5.22 Å². The fraction of sp³-hybridized carbons (Fsp3) is 0.176. The molecule has 0 unspecified atom stereocenters. The normalized spacial score (nSPS) is 11.6. The van der Waals surface area contributed by atoms with Gasteiger partial charge in [-0.15, -0.1) is 10.2 Å². The topological polar surface area (TPSA) is 73.1 Å². The van der Waals surface area contributed by atoms with Gasteiger partial charge in [0, 0.05) is 15.8 Å². The molecule has 3 rings (SSSR count). The molecule has 0 bridgehead atoms. The van der Waals surface area contributed by atoms with E-state index in [1.165, 1.54) is 11.8 Å². The third kappa shape index (κ3) is 4.50. The smallest absolute Gasteiger partial charge is 0.276 e. The Morgan fingerprint density at radius 2 is 1.80 bits per heavy atom. The Hall–Kier alpha value is -1.64. The lowest BCUT2D eigenvalue weighted by molar-refractivity contribution is 0.466. The van der Waals surface area contributed by atoms with E-state index in [2.05, 4.69) is 26.1 Å². The van der Waals surface area contributed by atoms with Crippen molar-refractivity contribution in [2.75, 3.05) is 11.5 Å². The van der Waals surface area contributed by atoms with Crippen LogP contribution in [0.4, 0.5) is 0 Å². The molecule has 0 spiro atoms. The van der Waals surface area contributed by atoms with Gasteiger partial charge in [-0.2, -0.15) is 0 Å². The van der Waals surface area contributed by atoms with E-state index in [1.807, 2.05) is 31.2 Å². The van der Waals surface area contributed by atoms with Gasteiger partial charge in [-0.3, -0.25) is 0 Å². The zero-order chi connectivity index (χ0) is 17.9. The van der Waals surface area contributed by atoms with Gasteiger partial charge in [-0.05, 0) is 42.8 Å². The lowest BCUT2D eigenvalue weighted by Gasteiger charge is -2.03. The molecule has 0 N–H and O–H groups in total. The fourth-order valence-electron chi connectivity index (χ4n) is 2.19. The van der Waals surface area contributed by atoms with Crippen molar-refractivity contribution in [3.63, 3.8) is 0 Å². The number of hydrogen-bond donors (Lipinski definition) is 0. The maximum Gasteiger partial charge on any atom is 0.276 e. The van der Waals surface area contributed by atoms with Crippen molar-refractivity contribution in [2.45, 2.75) is 17.0 Å². The van der Waals surface area contributed by atoms with Crippen molar-refractivity contribution in [3.05, 3.63) is 58.6 Å². The summed E-state index contributed by atoms with van der Waals surface area (Å²) in [6.45, 7) is 1.97. The monoisotopic (exact) mass is 438 g/mol. The molecule has 1 heterocycles. The Morgan fingerprint density at radius 1 is 1.08 bits per heavy atom. The first kappa shape index (κ1) is 18.2. The quantitative estimate of drug-likeness (QED) is 0.531. The zero-order valence-electron chi connectivity index (χ0n) is 13.3. The van der Waals surface area contributed by atoms with Gasteiger partial charge < -0.3 is 4.42 Å². The number of thioether (sulfide) groups is 1. The lowest BCUT2D eigenvalue weighted by Crippen LogP contribution is -2.08. The predicted octanol–water partition coefficient (Wildman–Crippen LogP) is 4.37. The first-order valence-electron chi connectivity index (χ1n) is 7.46. The molecule has 25 heavy (non-hydrogen) atoms. The number of benzene rings is 2. The maximum absolute atomic E-state index is 12.3. The van der Waals surface area contributed by atoms with E-state index in [9.17, 15) is 8.42 Å². The van der Waals surface area contributed by atoms with Crippen molar-refractivity contribution in [3.8, 4) is 11.5 Å². The Labute approximate surface area is 158 Å². The first-order valence-corrected chi connectivity index (χ1v) is 10.9. The number of sulfone groups is 1. The first-order chi connectivity index (χ1) is 12.0. The van der Waals surface area contributed by atoms with Crippen LogP contribution in [0.5, 0.6) is 0 Å².